The molecular formula is C24H21Cl2NO3. The molecule has 4 rings (SSSR count). The van der Waals surface area contributed by atoms with Gasteiger partial charge in [0.15, 0.2) is 0 Å². The van der Waals surface area contributed by atoms with Gasteiger partial charge in [-0.15, -0.1) is 0 Å². The number of halogens is 2. The number of rotatable bonds is 5. The third kappa shape index (κ3) is 3.21. The van der Waals surface area contributed by atoms with E-state index in [1.54, 1.807) is 31.3 Å². The Hall–Kier alpha value is -2.69. The lowest BCUT2D eigenvalue weighted by atomic mass is 9.77. The first kappa shape index (κ1) is 20.6. The molecular weight excluding hydrogens is 421 g/mol. The number of carbonyl (C=O) groups excluding carboxylic acids is 1. The predicted octanol–water partition coefficient (Wildman–Crippen LogP) is 5.86. The Morgan fingerprint density at radius 2 is 1.70 bits per heavy atom. The van der Waals surface area contributed by atoms with E-state index in [4.69, 9.17) is 32.7 Å². The average molecular weight is 442 g/mol. The van der Waals surface area contributed by atoms with Crippen LogP contribution in [0.5, 0.6) is 11.5 Å². The summed E-state index contributed by atoms with van der Waals surface area (Å²) in [6.45, 7) is 2.25. The fraction of sp³-hybridized carbons (Fsp3) is 0.208. The lowest BCUT2D eigenvalue weighted by molar-refractivity contribution is -0.121. The highest BCUT2D eigenvalue weighted by Gasteiger charge is 2.49. The van der Waals surface area contributed by atoms with Gasteiger partial charge >= 0.3 is 0 Å². The number of ether oxygens (including phenoxy) is 2. The standard InChI is InChI=1S/C24H21Cl2NO3/c1-24(18-6-4-5-7-20(18)26)19-12-16(25)9-11-21(19)27(23(24)28)14-15-8-10-17(29-2)13-22(15)30-3/h4-13H,14H2,1-3H3. The zero-order valence-electron chi connectivity index (χ0n) is 16.9. The molecule has 1 atom stereocenters. The highest BCUT2D eigenvalue weighted by Crippen LogP contribution is 2.49. The lowest BCUT2D eigenvalue weighted by Crippen LogP contribution is -2.39. The Morgan fingerprint density at radius 1 is 0.933 bits per heavy atom. The Labute approximate surface area is 185 Å². The Morgan fingerprint density at radius 3 is 2.40 bits per heavy atom. The fourth-order valence-electron chi connectivity index (χ4n) is 4.08. The molecule has 0 saturated carbocycles. The first-order chi connectivity index (χ1) is 14.4. The minimum Gasteiger partial charge on any atom is -0.497 e. The molecule has 3 aromatic rings. The van der Waals surface area contributed by atoms with E-state index in [0.29, 0.717) is 28.1 Å². The van der Waals surface area contributed by atoms with Gasteiger partial charge in [0.2, 0.25) is 5.91 Å². The molecule has 4 nitrogen and oxygen atoms in total. The summed E-state index contributed by atoms with van der Waals surface area (Å²) >= 11 is 12.8. The molecule has 0 bridgehead atoms. The molecule has 3 aromatic carbocycles. The van der Waals surface area contributed by atoms with Crippen molar-refractivity contribution in [2.75, 3.05) is 19.1 Å². The van der Waals surface area contributed by atoms with Crippen molar-refractivity contribution in [3.63, 3.8) is 0 Å². The maximum absolute atomic E-state index is 13.8. The molecule has 0 radical (unpaired) electrons. The first-order valence-electron chi connectivity index (χ1n) is 9.48. The number of methoxy groups -OCH3 is 2. The molecule has 154 valence electrons. The van der Waals surface area contributed by atoms with Gasteiger partial charge in [0.1, 0.15) is 16.9 Å². The molecule has 0 spiro atoms. The van der Waals surface area contributed by atoms with Crippen LogP contribution in [0.3, 0.4) is 0 Å². The summed E-state index contributed by atoms with van der Waals surface area (Å²) in [5.41, 5.74) is 2.32. The van der Waals surface area contributed by atoms with Crippen LogP contribution in [-0.4, -0.2) is 20.1 Å². The maximum Gasteiger partial charge on any atom is 0.242 e. The number of hydrogen-bond acceptors (Lipinski definition) is 3. The van der Waals surface area contributed by atoms with Gasteiger partial charge in [-0.3, -0.25) is 4.79 Å². The summed E-state index contributed by atoms with van der Waals surface area (Å²) in [4.78, 5) is 15.6. The lowest BCUT2D eigenvalue weighted by Gasteiger charge is -2.26. The van der Waals surface area contributed by atoms with Crippen LogP contribution < -0.4 is 14.4 Å². The zero-order chi connectivity index (χ0) is 21.5. The molecule has 0 aliphatic carbocycles. The number of hydrogen-bond donors (Lipinski definition) is 0. The van der Waals surface area contributed by atoms with Gasteiger partial charge in [-0.2, -0.15) is 0 Å². The van der Waals surface area contributed by atoms with E-state index >= 15 is 0 Å². The van der Waals surface area contributed by atoms with E-state index in [1.807, 2.05) is 55.5 Å². The summed E-state index contributed by atoms with van der Waals surface area (Å²) in [7, 11) is 3.21. The van der Waals surface area contributed by atoms with Crippen LogP contribution in [0.25, 0.3) is 0 Å². The topological polar surface area (TPSA) is 38.8 Å². The van der Waals surface area contributed by atoms with E-state index in [1.165, 1.54) is 0 Å². The van der Waals surface area contributed by atoms with Gasteiger partial charge < -0.3 is 14.4 Å². The van der Waals surface area contributed by atoms with Crippen LogP contribution in [0.15, 0.2) is 60.7 Å². The zero-order valence-corrected chi connectivity index (χ0v) is 18.4. The van der Waals surface area contributed by atoms with Crippen molar-refractivity contribution >= 4 is 34.8 Å². The number of benzene rings is 3. The molecule has 0 fully saturated rings. The van der Waals surface area contributed by atoms with Crippen LogP contribution in [-0.2, 0) is 16.8 Å². The van der Waals surface area contributed by atoms with Crippen LogP contribution in [0.1, 0.15) is 23.6 Å². The molecule has 1 amide bonds. The van der Waals surface area contributed by atoms with Gasteiger partial charge in [0.05, 0.1) is 20.8 Å². The van der Waals surface area contributed by atoms with Gasteiger partial charge in [-0.25, -0.2) is 0 Å². The highest BCUT2D eigenvalue weighted by molar-refractivity contribution is 6.32. The second kappa shape index (κ2) is 7.86. The van der Waals surface area contributed by atoms with Gasteiger partial charge in [0, 0.05) is 27.4 Å². The molecule has 0 saturated heterocycles. The van der Waals surface area contributed by atoms with Crippen molar-refractivity contribution in [2.45, 2.75) is 18.9 Å². The van der Waals surface area contributed by atoms with Crippen molar-refractivity contribution in [2.24, 2.45) is 0 Å². The minimum absolute atomic E-state index is 0.0641. The van der Waals surface area contributed by atoms with Gasteiger partial charge in [-0.1, -0.05) is 41.4 Å². The third-order valence-electron chi connectivity index (χ3n) is 5.70. The maximum atomic E-state index is 13.8. The van der Waals surface area contributed by atoms with Crippen LogP contribution in [0, 0.1) is 0 Å². The predicted molar refractivity (Wildman–Crippen MR) is 120 cm³/mol. The largest absolute Gasteiger partial charge is 0.497 e. The molecule has 0 aromatic heterocycles. The average Bonchev–Trinajstić information content (AvgIpc) is 2.96. The molecule has 1 aliphatic heterocycles. The van der Waals surface area contributed by atoms with Crippen LogP contribution >= 0.6 is 23.2 Å². The van der Waals surface area contributed by atoms with E-state index in [-0.39, 0.29) is 5.91 Å². The number of anilines is 1. The summed E-state index contributed by atoms with van der Waals surface area (Å²) < 4.78 is 10.8. The Kier molecular flexibility index (Phi) is 5.39. The summed E-state index contributed by atoms with van der Waals surface area (Å²) in [5.74, 6) is 1.28. The second-order valence-corrected chi connectivity index (χ2v) is 8.18. The second-order valence-electron chi connectivity index (χ2n) is 7.34. The van der Waals surface area contributed by atoms with Crippen molar-refractivity contribution in [3.05, 3.63) is 87.4 Å². The summed E-state index contributed by atoms with van der Waals surface area (Å²) in [6, 6.07) is 18.5. The van der Waals surface area contributed by atoms with Crippen molar-refractivity contribution in [1.29, 1.82) is 0 Å². The van der Waals surface area contributed by atoms with E-state index < -0.39 is 5.41 Å². The quantitative estimate of drug-likeness (QED) is 0.497. The number of carbonyl (C=O) groups is 1. The van der Waals surface area contributed by atoms with Crippen molar-refractivity contribution < 1.29 is 14.3 Å². The Balaban J connectivity index is 1.84. The number of amides is 1. The fourth-order valence-corrected chi connectivity index (χ4v) is 4.57. The summed E-state index contributed by atoms with van der Waals surface area (Å²) in [5, 5.41) is 1.12. The van der Waals surface area contributed by atoms with Crippen molar-refractivity contribution in [3.8, 4) is 11.5 Å². The molecule has 1 unspecified atom stereocenters. The smallest absolute Gasteiger partial charge is 0.242 e. The monoisotopic (exact) mass is 441 g/mol. The third-order valence-corrected chi connectivity index (χ3v) is 6.26. The number of fused-ring (bicyclic) bond motifs is 1. The normalized spacial score (nSPS) is 17.8. The van der Waals surface area contributed by atoms with E-state index in [0.717, 1.165) is 22.4 Å². The summed E-state index contributed by atoms with van der Waals surface area (Å²) in [6.07, 6.45) is 0. The van der Waals surface area contributed by atoms with Crippen LogP contribution in [0.2, 0.25) is 10.0 Å². The number of nitrogens with zero attached hydrogens (tertiary/aromatic N) is 1. The van der Waals surface area contributed by atoms with Crippen molar-refractivity contribution in [1.82, 2.24) is 0 Å². The van der Waals surface area contributed by atoms with Gasteiger partial charge in [-0.05, 0) is 54.4 Å². The molecule has 1 heterocycles. The molecule has 6 heteroatoms. The molecule has 0 N–H and O–H groups in total. The van der Waals surface area contributed by atoms with Crippen LogP contribution in [0.4, 0.5) is 5.69 Å². The van der Waals surface area contributed by atoms with E-state index in [2.05, 4.69) is 0 Å². The Bertz CT molecular complexity index is 1130. The molecule has 1 aliphatic rings. The van der Waals surface area contributed by atoms with Gasteiger partial charge in [0.25, 0.3) is 0 Å². The van der Waals surface area contributed by atoms with E-state index in [9.17, 15) is 4.79 Å². The minimum atomic E-state index is -0.946. The molecule has 30 heavy (non-hydrogen) atoms. The first-order valence-corrected chi connectivity index (χ1v) is 10.2. The SMILES string of the molecule is COc1ccc(CN2C(=O)C(C)(c3ccccc3Cl)c3cc(Cl)ccc32)c(OC)c1. The highest BCUT2D eigenvalue weighted by atomic mass is 35.5.